The van der Waals surface area contributed by atoms with Crippen molar-refractivity contribution in [3.8, 4) is 0 Å². The van der Waals surface area contributed by atoms with Crippen LogP contribution in [0.25, 0.3) is 0 Å². The number of hydrogen-bond acceptors (Lipinski definition) is 3. The molecule has 0 aromatic heterocycles. The van der Waals surface area contributed by atoms with Gasteiger partial charge in [0, 0.05) is 24.7 Å². The Morgan fingerprint density at radius 2 is 1.94 bits per heavy atom. The Hall–Kier alpha value is -0.120. The van der Waals surface area contributed by atoms with E-state index in [1.165, 1.54) is 58.4 Å². The third-order valence-corrected chi connectivity index (χ3v) is 4.62. The van der Waals surface area contributed by atoms with Crippen LogP contribution in [0.3, 0.4) is 0 Å². The standard InChI is InChI=1S/C15H31N3/c1-4-17(5-2)10-6-9-16-14-11-13(3)18(12-14)15-7-8-15/h13-16H,4-12H2,1-3H3. The Morgan fingerprint density at radius 1 is 1.22 bits per heavy atom. The molecular weight excluding hydrogens is 222 g/mol. The number of hydrogen-bond donors (Lipinski definition) is 1. The summed E-state index contributed by atoms with van der Waals surface area (Å²) in [6, 6.07) is 2.48. The Morgan fingerprint density at radius 3 is 2.56 bits per heavy atom. The van der Waals surface area contributed by atoms with Gasteiger partial charge in [-0.15, -0.1) is 0 Å². The largest absolute Gasteiger partial charge is 0.313 e. The smallest absolute Gasteiger partial charge is 0.0210 e. The fraction of sp³-hybridized carbons (Fsp3) is 1.00. The summed E-state index contributed by atoms with van der Waals surface area (Å²) in [6.45, 7) is 13.0. The summed E-state index contributed by atoms with van der Waals surface area (Å²) < 4.78 is 0. The van der Waals surface area contributed by atoms with Gasteiger partial charge in [-0.3, -0.25) is 4.90 Å². The highest BCUT2D eigenvalue weighted by atomic mass is 15.3. The van der Waals surface area contributed by atoms with E-state index in [-0.39, 0.29) is 0 Å². The zero-order valence-corrected chi connectivity index (χ0v) is 12.5. The molecule has 3 nitrogen and oxygen atoms in total. The van der Waals surface area contributed by atoms with Gasteiger partial charge in [0.25, 0.3) is 0 Å². The zero-order valence-electron chi connectivity index (χ0n) is 12.5. The monoisotopic (exact) mass is 253 g/mol. The number of rotatable bonds is 8. The van der Waals surface area contributed by atoms with Gasteiger partial charge < -0.3 is 10.2 Å². The molecule has 0 aromatic rings. The summed E-state index contributed by atoms with van der Waals surface area (Å²) >= 11 is 0. The fourth-order valence-electron chi connectivity index (χ4n) is 3.27. The van der Waals surface area contributed by atoms with Crippen LogP contribution in [-0.2, 0) is 0 Å². The molecule has 2 fully saturated rings. The second-order valence-corrected chi connectivity index (χ2v) is 6.04. The molecule has 1 aliphatic carbocycles. The van der Waals surface area contributed by atoms with Gasteiger partial charge in [-0.1, -0.05) is 13.8 Å². The second-order valence-electron chi connectivity index (χ2n) is 6.04. The predicted octanol–water partition coefficient (Wildman–Crippen LogP) is 1.93. The average molecular weight is 253 g/mol. The Bertz CT molecular complexity index is 236. The summed E-state index contributed by atoms with van der Waals surface area (Å²) in [5.74, 6) is 0. The third-order valence-electron chi connectivity index (χ3n) is 4.62. The fourth-order valence-corrected chi connectivity index (χ4v) is 3.27. The van der Waals surface area contributed by atoms with Gasteiger partial charge in [0.05, 0.1) is 0 Å². The van der Waals surface area contributed by atoms with E-state index >= 15 is 0 Å². The molecule has 2 atom stereocenters. The van der Waals surface area contributed by atoms with Gasteiger partial charge in [0.15, 0.2) is 0 Å². The van der Waals surface area contributed by atoms with Gasteiger partial charge in [-0.2, -0.15) is 0 Å². The van der Waals surface area contributed by atoms with Crippen molar-refractivity contribution in [3.05, 3.63) is 0 Å². The first-order chi connectivity index (χ1) is 8.74. The van der Waals surface area contributed by atoms with E-state index < -0.39 is 0 Å². The highest BCUT2D eigenvalue weighted by Crippen LogP contribution is 2.33. The van der Waals surface area contributed by atoms with Gasteiger partial charge >= 0.3 is 0 Å². The Labute approximate surface area is 113 Å². The summed E-state index contributed by atoms with van der Waals surface area (Å²) in [5.41, 5.74) is 0. The Kier molecular flexibility index (Phi) is 5.46. The molecule has 1 aliphatic heterocycles. The summed E-state index contributed by atoms with van der Waals surface area (Å²) in [6.07, 6.45) is 5.52. The van der Waals surface area contributed by atoms with E-state index in [0.717, 1.165) is 18.1 Å². The quantitative estimate of drug-likeness (QED) is 0.667. The first-order valence-corrected chi connectivity index (χ1v) is 7.96. The molecule has 0 bridgehead atoms. The minimum absolute atomic E-state index is 0.748. The molecular formula is C15H31N3. The third kappa shape index (κ3) is 3.94. The lowest BCUT2D eigenvalue weighted by molar-refractivity contribution is 0.254. The van der Waals surface area contributed by atoms with Gasteiger partial charge in [0.1, 0.15) is 0 Å². The van der Waals surface area contributed by atoms with Crippen molar-refractivity contribution >= 4 is 0 Å². The predicted molar refractivity (Wildman–Crippen MR) is 78.0 cm³/mol. The molecule has 2 unspecified atom stereocenters. The van der Waals surface area contributed by atoms with Gasteiger partial charge in [0.2, 0.25) is 0 Å². The van der Waals surface area contributed by atoms with Crippen molar-refractivity contribution in [1.29, 1.82) is 0 Å². The molecule has 0 radical (unpaired) electrons. The zero-order chi connectivity index (χ0) is 13.0. The molecule has 0 spiro atoms. The molecule has 1 saturated carbocycles. The minimum atomic E-state index is 0.748. The lowest BCUT2D eigenvalue weighted by Crippen LogP contribution is -2.35. The van der Waals surface area contributed by atoms with E-state index in [2.05, 4.69) is 35.9 Å². The lowest BCUT2D eigenvalue weighted by atomic mass is 10.2. The highest BCUT2D eigenvalue weighted by molar-refractivity contribution is 4.95. The van der Waals surface area contributed by atoms with Crippen LogP contribution in [0.5, 0.6) is 0 Å². The van der Waals surface area contributed by atoms with E-state index in [0.29, 0.717) is 0 Å². The van der Waals surface area contributed by atoms with Crippen LogP contribution in [0.1, 0.15) is 46.5 Å². The average Bonchev–Trinajstić information content (AvgIpc) is 3.14. The summed E-state index contributed by atoms with van der Waals surface area (Å²) in [5, 5.41) is 3.76. The number of nitrogens with one attached hydrogen (secondary N) is 1. The van der Waals surface area contributed by atoms with E-state index in [1.54, 1.807) is 0 Å². The van der Waals surface area contributed by atoms with Gasteiger partial charge in [-0.25, -0.2) is 0 Å². The minimum Gasteiger partial charge on any atom is -0.313 e. The molecule has 0 amide bonds. The maximum atomic E-state index is 3.76. The van der Waals surface area contributed by atoms with Crippen LogP contribution in [0, 0.1) is 0 Å². The molecule has 106 valence electrons. The van der Waals surface area contributed by atoms with E-state index in [4.69, 9.17) is 0 Å². The normalized spacial score (nSPS) is 29.3. The van der Waals surface area contributed by atoms with Crippen molar-refractivity contribution < 1.29 is 0 Å². The summed E-state index contributed by atoms with van der Waals surface area (Å²) in [4.78, 5) is 5.23. The molecule has 1 N–H and O–H groups in total. The number of likely N-dealkylation sites (tertiary alicyclic amines) is 1. The molecule has 3 heteroatoms. The van der Waals surface area contributed by atoms with Crippen molar-refractivity contribution in [2.24, 2.45) is 0 Å². The van der Waals surface area contributed by atoms with Crippen molar-refractivity contribution in [1.82, 2.24) is 15.1 Å². The number of nitrogens with zero attached hydrogens (tertiary/aromatic N) is 2. The molecule has 2 aliphatic rings. The maximum Gasteiger partial charge on any atom is 0.0210 e. The topological polar surface area (TPSA) is 18.5 Å². The highest BCUT2D eigenvalue weighted by Gasteiger charge is 2.38. The van der Waals surface area contributed by atoms with Crippen LogP contribution in [0.15, 0.2) is 0 Å². The molecule has 0 aromatic carbocycles. The van der Waals surface area contributed by atoms with Crippen LogP contribution in [-0.4, -0.2) is 60.6 Å². The summed E-state index contributed by atoms with van der Waals surface area (Å²) in [7, 11) is 0. The van der Waals surface area contributed by atoms with Crippen LogP contribution >= 0.6 is 0 Å². The molecule has 1 saturated heterocycles. The molecule has 18 heavy (non-hydrogen) atoms. The van der Waals surface area contributed by atoms with Crippen molar-refractivity contribution in [2.75, 3.05) is 32.7 Å². The Balaban J connectivity index is 1.57. The van der Waals surface area contributed by atoms with E-state index in [9.17, 15) is 0 Å². The SMILES string of the molecule is CCN(CC)CCCNC1CC(C)N(C2CC2)C1. The second kappa shape index (κ2) is 6.88. The maximum absolute atomic E-state index is 3.76. The lowest BCUT2D eigenvalue weighted by Gasteiger charge is -2.20. The molecule has 2 rings (SSSR count). The van der Waals surface area contributed by atoms with Crippen LogP contribution in [0.2, 0.25) is 0 Å². The van der Waals surface area contributed by atoms with E-state index in [1.807, 2.05) is 0 Å². The first-order valence-electron chi connectivity index (χ1n) is 7.96. The van der Waals surface area contributed by atoms with Crippen LogP contribution in [0.4, 0.5) is 0 Å². The van der Waals surface area contributed by atoms with Crippen molar-refractivity contribution in [3.63, 3.8) is 0 Å². The van der Waals surface area contributed by atoms with Crippen LogP contribution < -0.4 is 5.32 Å². The molecule has 1 heterocycles. The van der Waals surface area contributed by atoms with Gasteiger partial charge in [-0.05, 0) is 58.8 Å². The van der Waals surface area contributed by atoms with Crippen molar-refractivity contribution in [2.45, 2.75) is 64.6 Å². The first kappa shape index (κ1) is 14.3.